The van der Waals surface area contributed by atoms with Crippen molar-refractivity contribution in [3.05, 3.63) is 88.3 Å². The van der Waals surface area contributed by atoms with E-state index in [1.807, 2.05) is 88.0 Å². The van der Waals surface area contributed by atoms with E-state index in [1.54, 1.807) is 10.4 Å². The highest BCUT2D eigenvalue weighted by atomic mass is 32.1. The third-order valence-corrected chi connectivity index (χ3v) is 7.99. The molecule has 2 heterocycles. The molecule has 7 heteroatoms. The van der Waals surface area contributed by atoms with Crippen molar-refractivity contribution < 1.29 is 15.4 Å². The number of aryl methyl sites for hydroxylation is 1. The number of nitrogens with one attached hydrogen (secondary N) is 1. The average Bonchev–Trinajstić information content (AvgIpc) is 3.46. The number of rotatable bonds is 10. The second-order valence-corrected chi connectivity index (χ2v) is 10.6. The van der Waals surface area contributed by atoms with Crippen LogP contribution >= 0.6 is 11.3 Å². The van der Waals surface area contributed by atoms with Gasteiger partial charge in [0.25, 0.3) is 5.91 Å². The molecule has 0 aliphatic heterocycles. The molecule has 0 fully saturated rings. The van der Waals surface area contributed by atoms with Crippen LogP contribution in [0.2, 0.25) is 0 Å². The van der Waals surface area contributed by atoms with Crippen LogP contribution in [0.4, 0.5) is 0 Å². The van der Waals surface area contributed by atoms with Crippen LogP contribution in [-0.4, -0.2) is 33.8 Å². The first-order valence-corrected chi connectivity index (χ1v) is 14.0. The zero-order chi connectivity index (χ0) is 26.9. The standard InChI is InChI=1S/C31H32N3O3S.H2/c1-5-15-34(31(4,6-2)30(36)32-17-23-10-8-7-9-20(23)3)29(35)28-27(21-11-12-21)24-14-13-22(16-26(24)37-28)25-18-38-19-33-25;/h7-14,16,18-19H,5-6,15,17H2,1-4H3,(H,32,36);1H. The van der Waals surface area contributed by atoms with Crippen LogP contribution in [0.15, 0.2) is 63.8 Å². The lowest BCUT2D eigenvalue weighted by atomic mass is 9.93. The first kappa shape index (κ1) is 25.9. The van der Waals surface area contributed by atoms with E-state index >= 15 is 0 Å². The third kappa shape index (κ3) is 4.78. The Hall–Kier alpha value is -3.71. The van der Waals surface area contributed by atoms with E-state index in [4.69, 9.17) is 4.42 Å². The number of carbonyl (C=O) groups excluding carboxylic acids is 2. The van der Waals surface area contributed by atoms with Crippen molar-refractivity contribution in [3.63, 3.8) is 0 Å². The van der Waals surface area contributed by atoms with Gasteiger partial charge < -0.3 is 14.6 Å². The van der Waals surface area contributed by atoms with Crippen molar-refractivity contribution in [3.8, 4) is 11.3 Å². The van der Waals surface area contributed by atoms with Gasteiger partial charge in [-0.2, -0.15) is 0 Å². The molecular formula is C31H34N3O3S. The van der Waals surface area contributed by atoms with Gasteiger partial charge in [0.05, 0.1) is 11.2 Å². The third-order valence-electron chi connectivity index (χ3n) is 7.40. The molecule has 0 saturated carbocycles. The number of carbonyl (C=O) groups is 2. The number of hydrogen-bond donors (Lipinski definition) is 1. The van der Waals surface area contributed by atoms with Crippen molar-refractivity contribution in [2.24, 2.45) is 0 Å². The molecule has 0 saturated heterocycles. The van der Waals surface area contributed by atoms with Crippen molar-refractivity contribution >= 4 is 39.7 Å². The minimum atomic E-state index is -1.04. The maximum atomic E-state index is 14.2. The van der Waals surface area contributed by atoms with Crippen molar-refractivity contribution in [2.75, 3.05) is 6.54 Å². The van der Waals surface area contributed by atoms with Crippen LogP contribution < -0.4 is 5.32 Å². The molecule has 1 aliphatic rings. The highest BCUT2D eigenvalue weighted by molar-refractivity contribution is 7.07. The fourth-order valence-electron chi connectivity index (χ4n) is 4.82. The molecule has 2 amide bonds. The quantitative estimate of drug-likeness (QED) is 0.239. The van der Waals surface area contributed by atoms with Crippen molar-refractivity contribution in [1.29, 1.82) is 0 Å². The van der Waals surface area contributed by atoms with Gasteiger partial charge in [0.2, 0.25) is 5.91 Å². The monoisotopic (exact) mass is 528 g/mol. The molecule has 2 aromatic heterocycles. The molecule has 1 unspecified atom stereocenters. The number of thiazole rings is 1. The smallest absolute Gasteiger partial charge is 0.291 e. The van der Waals surface area contributed by atoms with E-state index in [1.165, 1.54) is 11.3 Å². The SMILES string of the molecule is CCCN(C(=O)c1oc2cc(-c3cscn3)ccc2c1C1=C[CH]1)C(C)(CC)C(=O)NCc1ccccc1C.[HH]. The lowest BCUT2D eigenvalue weighted by molar-refractivity contribution is -0.131. The van der Waals surface area contributed by atoms with E-state index in [2.05, 4.69) is 10.3 Å². The summed E-state index contributed by atoms with van der Waals surface area (Å²) in [6.07, 6.45) is 5.14. The number of benzene rings is 2. The summed E-state index contributed by atoms with van der Waals surface area (Å²) in [4.78, 5) is 34.0. The van der Waals surface area contributed by atoms with Crippen LogP contribution in [0, 0.1) is 13.3 Å². The van der Waals surface area contributed by atoms with Crippen molar-refractivity contribution in [2.45, 2.75) is 52.6 Å². The van der Waals surface area contributed by atoms with E-state index in [0.717, 1.165) is 38.9 Å². The van der Waals surface area contributed by atoms with Gasteiger partial charge in [-0.05, 0) is 55.5 Å². The number of fused-ring (bicyclic) bond motifs is 1. The summed E-state index contributed by atoms with van der Waals surface area (Å²) < 4.78 is 6.28. The molecule has 0 bridgehead atoms. The molecule has 0 spiro atoms. The zero-order valence-electron chi connectivity index (χ0n) is 22.2. The summed E-state index contributed by atoms with van der Waals surface area (Å²) in [6.45, 7) is 8.67. The Bertz CT molecular complexity index is 1530. The van der Waals surface area contributed by atoms with E-state index in [0.29, 0.717) is 31.5 Å². The van der Waals surface area contributed by atoms with Crippen LogP contribution in [0.5, 0.6) is 0 Å². The molecule has 38 heavy (non-hydrogen) atoms. The number of hydrogen-bond acceptors (Lipinski definition) is 5. The Labute approximate surface area is 228 Å². The van der Waals surface area contributed by atoms with Gasteiger partial charge in [-0.25, -0.2) is 4.98 Å². The predicted molar refractivity (Wildman–Crippen MR) is 155 cm³/mol. The highest BCUT2D eigenvalue weighted by Crippen LogP contribution is 2.41. The first-order chi connectivity index (χ1) is 18.4. The van der Waals surface area contributed by atoms with Gasteiger partial charge >= 0.3 is 0 Å². The fraction of sp³-hybridized carbons (Fsp3) is 0.290. The maximum absolute atomic E-state index is 14.2. The molecule has 6 nitrogen and oxygen atoms in total. The van der Waals surface area contributed by atoms with E-state index < -0.39 is 5.54 Å². The van der Waals surface area contributed by atoms with Crippen molar-refractivity contribution in [1.82, 2.24) is 15.2 Å². The molecule has 1 radical (unpaired) electrons. The Balaban J connectivity index is 0.00000353. The van der Waals surface area contributed by atoms with Gasteiger partial charge in [0.15, 0.2) is 5.76 Å². The minimum absolute atomic E-state index is 0. The van der Waals surface area contributed by atoms with Crippen LogP contribution in [0.1, 0.15) is 62.3 Å². The Morgan fingerprint density at radius 3 is 2.63 bits per heavy atom. The lowest BCUT2D eigenvalue weighted by Gasteiger charge is -2.39. The van der Waals surface area contributed by atoms with Crippen LogP contribution in [0.3, 0.4) is 0 Å². The molecule has 1 N–H and O–H groups in total. The van der Waals surface area contributed by atoms with E-state index in [-0.39, 0.29) is 19.0 Å². The summed E-state index contributed by atoms with van der Waals surface area (Å²) in [7, 11) is 0. The number of furan rings is 1. The van der Waals surface area contributed by atoms with Gasteiger partial charge in [0, 0.05) is 42.8 Å². The fourth-order valence-corrected chi connectivity index (χ4v) is 5.38. The van der Waals surface area contributed by atoms with Crippen LogP contribution in [0.25, 0.3) is 27.8 Å². The molecule has 1 atom stereocenters. The van der Waals surface area contributed by atoms with Gasteiger partial charge in [0.1, 0.15) is 11.1 Å². The molecule has 2 aromatic carbocycles. The number of allylic oxidation sites excluding steroid dienone is 2. The van der Waals surface area contributed by atoms with Gasteiger partial charge in [-0.1, -0.05) is 50.3 Å². The summed E-state index contributed by atoms with van der Waals surface area (Å²) in [6, 6.07) is 13.9. The Morgan fingerprint density at radius 1 is 1.18 bits per heavy atom. The molecular weight excluding hydrogens is 494 g/mol. The maximum Gasteiger partial charge on any atom is 0.291 e. The van der Waals surface area contributed by atoms with E-state index in [9.17, 15) is 9.59 Å². The molecule has 197 valence electrons. The van der Waals surface area contributed by atoms with Gasteiger partial charge in [-0.15, -0.1) is 11.3 Å². The predicted octanol–water partition coefficient (Wildman–Crippen LogP) is 7.05. The average molecular weight is 529 g/mol. The molecule has 5 rings (SSSR count). The van der Waals surface area contributed by atoms with Gasteiger partial charge in [-0.3, -0.25) is 9.59 Å². The number of amides is 2. The zero-order valence-corrected chi connectivity index (χ0v) is 23.0. The number of aromatic nitrogens is 1. The first-order valence-electron chi connectivity index (χ1n) is 13.0. The van der Waals surface area contributed by atoms with Crippen LogP contribution in [-0.2, 0) is 11.3 Å². The molecule has 1 aliphatic carbocycles. The summed E-state index contributed by atoms with van der Waals surface area (Å²) in [5, 5.41) is 5.96. The summed E-state index contributed by atoms with van der Waals surface area (Å²) >= 11 is 1.53. The minimum Gasteiger partial charge on any atom is -0.450 e. The summed E-state index contributed by atoms with van der Waals surface area (Å²) in [5.41, 5.74) is 7.13. The Kier molecular flexibility index (Phi) is 7.21. The lowest BCUT2D eigenvalue weighted by Crippen LogP contribution is -2.58. The largest absolute Gasteiger partial charge is 0.450 e. The second-order valence-electron chi connectivity index (χ2n) is 9.87. The summed E-state index contributed by atoms with van der Waals surface area (Å²) in [5.74, 6) is -0.175. The second kappa shape index (κ2) is 10.6. The number of nitrogens with zero attached hydrogens (tertiary/aromatic N) is 2. The molecule has 4 aromatic rings. The topological polar surface area (TPSA) is 75.4 Å². The Morgan fingerprint density at radius 2 is 1.97 bits per heavy atom. The highest BCUT2D eigenvalue weighted by Gasteiger charge is 2.43. The normalized spacial score (nSPS) is 14.2.